The van der Waals surface area contributed by atoms with Gasteiger partial charge < -0.3 is 25.2 Å². The summed E-state index contributed by atoms with van der Waals surface area (Å²) in [5, 5.41) is 16.5. The number of nitrogens with one attached hydrogen (secondary N) is 2. The molecule has 1 aromatic carbocycles. The Balaban J connectivity index is 1.70. The first-order chi connectivity index (χ1) is 12.1. The molecule has 25 heavy (non-hydrogen) atoms. The van der Waals surface area contributed by atoms with Gasteiger partial charge in [0.15, 0.2) is 0 Å². The predicted molar refractivity (Wildman–Crippen MR) is 95.7 cm³/mol. The van der Waals surface area contributed by atoms with Crippen molar-refractivity contribution in [2.24, 2.45) is 0 Å². The van der Waals surface area contributed by atoms with E-state index < -0.39 is 5.54 Å². The Hall–Kier alpha value is -2.22. The summed E-state index contributed by atoms with van der Waals surface area (Å²) in [5.74, 6) is 1.51. The molecule has 2 aromatic rings. The summed E-state index contributed by atoms with van der Waals surface area (Å²) in [7, 11) is 1.64. The molecule has 2 heterocycles. The number of hydrogen-bond donors (Lipinski definition) is 3. The highest BCUT2D eigenvalue weighted by molar-refractivity contribution is 5.62. The molecule has 0 bridgehead atoms. The number of rotatable bonds is 6. The first-order valence-corrected chi connectivity index (χ1v) is 8.31. The second-order valence-corrected chi connectivity index (χ2v) is 6.37. The molecule has 0 radical (unpaired) electrons. The number of hydrogen-bond acceptors (Lipinski definition) is 7. The normalized spacial score (nSPS) is 23.2. The molecule has 3 N–H and O–H groups in total. The molecular formula is C18H24N4O3. The zero-order valence-corrected chi connectivity index (χ0v) is 14.5. The van der Waals surface area contributed by atoms with Crippen LogP contribution in [0.1, 0.15) is 6.92 Å². The third-order valence-electron chi connectivity index (χ3n) is 4.26. The summed E-state index contributed by atoms with van der Waals surface area (Å²) in [6.07, 6.45) is 1.53. The molecular weight excluding hydrogens is 320 g/mol. The zero-order chi connectivity index (χ0) is 17.7. The van der Waals surface area contributed by atoms with Gasteiger partial charge in [0.25, 0.3) is 0 Å². The van der Waals surface area contributed by atoms with Gasteiger partial charge in [-0.2, -0.15) is 0 Å². The standard InChI is InChI=1S/C18H24N4O3/c1-13-8-25-11-18(10-23,22-13)9-19-17-7-16(20-12-21-17)14-3-5-15(24-2)6-4-14/h3-7,12-13,22-23H,8-11H2,1-2H3,(H,19,20,21)/t13-,18+/m1/s1. The highest BCUT2D eigenvalue weighted by Gasteiger charge is 2.34. The molecule has 0 saturated carbocycles. The Bertz CT molecular complexity index is 695. The van der Waals surface area contributed by atoms with E-state index in [1.807, 2.05) is 37.3 Å². The SMILES string of the molecule is COc1ccc(-c2cc(NC[C@]3(CO)COC[C@@H](C)N3)ncn2)cc1. The minimum absolute atomic E-state index is 0.0131. The molecule has 0 unspecified atom stereocenters. The van der Waals surface area contributed by atoms with Gasteiger partial charge in [0.05, 0.1) is 38.2 Å². The van der Waals surface area contributed by atoms with Gasteiger partial charge in [-0.05, 0) is 31.2 Å². The van der Waals surface area contributed by atoms with Crippen LogP contribution in [-0.2, 0) is 4.74 Å². The molecule has 0 spiro atoms. The van der Waals surface area contributed by atoms with E-state index in [1.54, 1.807) is 7.11 Å². The number of aromatic nitrogens is 2. The number of aliphatic hydroxyl groups is 1. The summed E-state index contributed by atoms with van der Waals surface area (Å²) in [4.78, 5) is 8.60. The van der Waals surface area contributed by atoms with Gasteiger partial charge in [0.1, 0.15) is 17.9 Å². The first-order valence-electron chi connectivity index (χ1n) is 8.31. The lowest BCUT2D eigenvalue weighted by Crippen LogP contribution is -2.63. The molecule has 134 valence electrons. The van der Waals surface area contributed by atoms with Crippen LogP contribution >= 0.6 is 0 Å². The van der Waals surface area contributed by atoms with Crippen molar-refractivity contribution in [1.29, 1.82) is 0 Å². The number of anilines is 1. The molecule has 3 rings (SSSR count). The van der Waals surface area contributed by atoms with E-state index in [4.69, 9.17) is 9.47 Å². The maximum atomic E-state index is 9.79. The monoisotopic (exact) mass is 344 g/mol. The van der Waals surface area contributed by atoms with Crippen molar-refractivity contribution < 1.29 is 14.6 Å². The number of aliphatic hydroxyl groups excluding tert-OH is 1. The van der Waals surface area contributed by atoms with Crippen molar-refractivity contribution in [3.05, 3.63) is 36.7 Å². The van der Waals surface area contributed by atoms with Crippen molar-refractivity contribution in [3.63, 3.8) is 0 Å². The Morgan fingerprint density at radius 3 is 2.84 bits per heavy atom. The number of benzene rings is 1. The average Bonchev–Trinajstić information content (AvgIpc) is 2.67. The number of nitrogens with zero attached hydrogens (tertiary/aromatic N) is 2. The van der Waals surface area contributed by atoms with Crippen molar-refractivity contribution in [3.8, 4) is 17.0 Å². The van der Waals surface area contributed by atoms with Crippen LogP contribution in [0.4, 0.5) is 5.82 Å². The van der Waals surface area contributed by atoms with Crippen LogP contribution in [0.2, 0.25) is 0 Å². The zero-order valence-electron chi connectivity index (χ0n) is 14.5. The Labute approximate surface area is 147 Å². The van der Waals surface area contributed by atoms with Crippen LogP contribution in [0.15, 0.2) is 36.7 Å². The minimum atomic E-state index is -0.511. The fraction of sp³-hybridized carbons (Fsp3) is 0.444. The molecule has 2 atom stereocenters. The Morgan fingerprint density at radius 1 is 1.36 bits per heavy atom. The third-order valence-corrected chi connectivity index (χ3v) is 4.26. The van der Waals surface area contributed by atoms with Gasteiger partial charge in [-0.15, -0.1) is 0 Å². The summed E-state index contributed by atoms with van der Waals surface area (Å²) < 4.78 is 10.8. The van der Waals surface area contributed by atoms with Gasteiger partial charge in [-0.3, -0.25) is 0 Å². The van der Waals surface area contributed by atoms with Crippen molar-refractivity contribution in [2.45, 2.75) is 18.5 Å². The minimum Gasteiger partial charge on any atom is -0.497 e. The van der Waals surface area contributed by atoms with Crippen LogP contribution < -0.4 is 15.4 Å². The van der Waals surface area contributed by atoms with E-state index in [1.165, 1.54) is 6.33 Å². The lowest BCUT2D eigenvalue weighted by Gasteiger charge is -2.40. The topological polar surface area (TPSA) is 88.5 Å². The van der Waals surface area contributed by atoms with Gasteiger partial charge in [-0.1, -0.05) is 0 Å². The summed E-state index contributed by atoms with van der Waals surface area (Å²) in [6.45, 7) is 3.64. The van der Waals surface area contributed by atoms with Crippen LogP contribution in [-0.4, -0.2) is 60.1 Å². The summed E-state index contributed by atoms with van der Waals surface area (Å²) in [6, 6.07) is 9.80. The fourth-order valence-electron chi connectivity index (χ4n) is 2.92. The number of ether oxygens (including phenoxy) is 2. The Morgan fingerprint density at radius 2 is 2.16 bits per heavy atom. The third kappa shape index (κ3) is 4.25. The second kappa shape index (κ2) is 7.77. The molecule has 0 aliphatic carbocycles. The Kier molecular flexibility index (Phi) is 5.47. The van der Waals surface area contributed by atoms with Crippen LogP contribution in [0.25, 0.3) is 11.3 Å². The van der Waals surface area contributed by atoms with E-state index in [0.717, 1.165) is 17.0 Å². The van der Waals surface area contributed by atoms with Gasteiger partial charge >= 0.3 is 0 Å². The summed E-state index contributed by atoms with van der Waals surface area (Å²) >= 11 is 0. The van der Waals surface area contributed by atoms with Crippen LogP contribution in [0, 0.1) is 0 Å². The maximum absolute atomic E-state index is 9.79. The van der Waals surface area contributed by atoms with E-state index in [0.29, 0.717) is 25.6 Å². The summed E-state index contributed by atoms with van der Waals surface area (Å²) in [5.41, 5.74) is 1.29. The second-order valence-electron chi connectivity index (χ2n) is 6.37. The highest BCUT2D eigenvalue weighted by atomic mass is 16.5. The lowest BCUT2D eigenvalue weighted by atomic mass is 9.99. The van der Waals surface area contributed by atoms with Crippen molar-refractivity contribution in [2.75, 3.05) is 38.8 Å². The maximum Gasteiger partial charge on any atom is 0.130 e. The van der Waals surface area contributed by atoms with E-state index >= 15 is 0 Å². The molecule has 1 fully saturated rings. The predicted octanol–water partition coefficient (Wildman–Crippen LogP) is 1.30. The average molecular weight is 344 g/mol. The van der Waals surface area contributed by atoms with Crippen molar-refractivity contribution in [1.82, 2.24) is 15.3 Å². The molecule has 1 aliphatic rings. The smallest absolute Gasteiger partial charge is 0.130 e. The molecule has 7 nitrogen and oxygen atoms in total. The van der Waals surface area contributed by atoms with Gasteiger partial charge in [0, 0.05) is 24.2 Å². The van der Waals surface area contributed by atoms with E-state index in [2.05, 4.69) is 20.6 Å². The quantitative estimate of drug-likeness (QED) is 0.728. The van der Waals surface area contributed by atoms with Crippen LogP contribution in [0.3, 0.4) is 0 Å². The van der Waals surface area contributed by atoms with E-state index in [-0.39, 0.29) is 12.6 Å². The highest BCUT2D eigenvalue weighted by Crippen LogP contribution is 2.22. The van der Waals surface area contributed by atoms with E-state index in [9.17, 15) is 5.11 Å². The molecule has 1 saturated heterocycles. The molecule has 0 amide bonds. The molecule has 1 aromatic heterocycles. The molecule has 1 aliphatic heterocycles. The fourth-order valence-corrected chi connectivity index (χ4v) is 2.92. The first kappa shape index (κ1) is 17.6. The van der Waals surface area contributed by atoms with Gasteiger partial charge in [0.2, 0.25) is 0 Å². The van der Waals surface area contributed by atoms with Gasteiger partial charge in [-0.25, -0.2) is 9.97 Å². The van der Waals surface area contributed by atoms with Crippen molar-refractivity contribution >= 4 is 5.82 Å². The molecule has 7 heteroatoms. The number of morpholine rings is 1. The number of methoxy groups -OCH3 is 1. The largest absolute Gasteiger partial charge is 0.497 e. The lowest BCUT2D eigenvalue weighted by molar-refractivity contribution is -0.0158. The van der Waals surface area contributed by atoms with Crippen LogP contribution in [0.5, 0.6) is 5.75 Å².